The van der Waals surface area contributed by atoms with Crippen molar-refractivity contribution in [3.8, 4) is 0 Å². The van der Waals surface area contributed by atoms with Crippen LogP contribution < -0.4 is 5.32 Å². The van der Waals surface area contributed by atoms with E-state index in [4.69, 9.17) is 16.3 Å². The maximum absolute atomic E-state index is 5.77. The van der Waals surface area contributed by atoms with E-state index in [9.17, 15) is 0 Å². The number of nitrogens with one attached hydrogen (secondary N) is 1. The highest BCUT2D eigenvalue weighted by Crippen LogP contribution is 2.13. The Morgan fingerprint density at radius 2 is 2.19 bits per heavy atom. The van der Waals surface area contributed by atoms with Gasteiger partial charge in [-0.2, -0.15) is 0 Å². The van der Waals surface area contributed by atoms with Gasteiger partial charge in [0.15, 0.2) is 0 Å². The molecule has 2 rings (SSSR count). The number of nitrogens with zero attached hydrogens (tertiary/aromatic N) is 1. The molecule has 0 spiro atoms. The van der Waals surface area contributed by atoms with Crippen LogP contribution in [0.2, 0.25) is 5.02 Å². The van der Waals surface area contributed by atoms with Gasteiger partial charge in [-0.1, -0.05) is 11.6 Å². The summed E-state index contributed by atoms with van der Waals surface area (Å²) in [7, 11) is 0. The molecule has 0 atom stereocenters. The molecule has 0 radical (unpaired) electrons. The smallest absolute Gasteiger partial charge is 0.0589 e. The van der Waals surface area contributed by atoms with Crippen LogP contribution in [0.1, 0.15) is 18.5 Å². The highest BCUT2D eigenvalue weighted by Gasteiger charge is 2.12. The molecule has 1 saturated heterocycles. The molecule has 1 aromatic rings. The quantitative estimate of drug-likeness (QED) is 0.877. The molecule has 1 aromatic heterocycles. The first-order chi connectivity index (χ1) is 7.84. The molecular formula is C12H17ClN2O. The van der Waals surface area contributed by atoms with E-state index >= 15 is 0 Å². The van der Waals surface area contributed by atoms with Crippen molar-refractivity contribution in [1.29, 1.82) is 0 Å². The van der Waals surface area contributed by atoms with Crippen molar-refractivity contribution in [3.63, 3.8) is 0 Å². The number of hydrogen-bond donors (Lipinski definition) is 1. The molecule has 4 heteroatoms. The number of hydrogen-bond acceptors (Lipinski definition) is 3. The first kappa shape index (κ1) is 11.8. The largest absolute Gasteiger partial charge is 0.381 e. The fraction of sp³-hybridized carbons (Fsp3) is 0.583. The molecule has 2 heterocycles. The molecular weight excluding hydrogens is 224 g/mol. The molecule has 0 aliphatic carbocycles. The van der Waals surface area contributed by atoms with Gasteiger partial charge < -0.3 is 10.1 Å². The van der Waals surface area contributed by atoms with Gasteiger partial charge in [-0.05, 0) is 37.4 Å². The highest BCUT2D eigenvalue weighted by atomic mass is 35.5. The van der Waals surface area contributed by atoms with Crippen molar-refractivity contribution in [2.45, 2.75) is 19.4 Å². The summed E-state index contributed by atoms with van der Waals surface area (Å²) in [6.45, 7) is 3.68. The maximum Gasteiger partial charge on any atom is 0.0589 e. The second kappa shape index (κ2) is 6.18. The third-order valence-electron chi connectivity index (χ3n) is 2.87. The number of rotatable bonds is 4. The average molecular weight is 241 g/mol. The summed E-state index contributed by atoms with van der Waals surface area (Å²) in [5.41, 5.74) is 1.04. The first-order valence-corrected chi connectivity index (χ1v) is 6.11. The lowest BCUT2D eigenvalue weighted by Gasteiger charge is -2.22. The molecule has 1 aliphatic heterocycles. The zero-order chi connectivity index (χ0) is 11.2. The van der Waals surface area contributed by atoms with Crippen LogP contribution in [-0.4, -0.2) is 24.7 Å². The van der Waals surface area contributed by atoms with Crippen molar-refractivity contribution in [2.24, 2.45) is 5.92 Å². The Hall–Kier alpha value is -0.640. The lowest BCUT2D eigenvalue weighted by Crippen LogP contribution is -2.27. The second-order valence-electron chi connectivity index (χ2n) is 4.15. The SMILES string of the molecule is Clc1ccc(CNCC2CCOCC2)nc1. The number of halogens is 1. The fourth-order valence-corrected chi connectivity index (χ4v) is 1.98. The number of pyridine rings is 1. The van der Waals surface area contributed by atoms with E-state index < -0.39 is 0 Å². The minimum absolute atomic E-state index is 0.688. The Kier molecular flexibility index (Phi) is 4.57. The van der Waals surface area contributed by atoms with Gasteiger partial charge in [0.05, 0.1) is 10.7 Å². The van der Waals surface area contributed by atoms with Crippen LogP contribution in [0.15, 0.2) is 18.3 Å². The Morgan fingerprint density at radius 3 is 2.88 bits per heavy atom. The van der Waals surface area contributed by atoms with Crippen molar-refractivity contribution < 1.29 is 4.74 Å². The van der Waals surface area contributed by atoms with Crippen LogP contribution in [-0.2, 0) is 11.3 Å². The van der Waals surface area contributed by atoms with Crippen LogP contribution in [0.4, 0.5) is 0 Å². The summed E-state index contributed by atoms with van der Waals surface area (Å²) in [6.07, 6.45) is 4.02. The molecule has 0 aromatic carbocycles. The summed E-state index contributed by atoms with van der Waals surface area (Å²) in [6, 6.07) is 3.83. The first-order valence-electron chi connectivity index (χ1n) is 5.73. The molecule has 0 bridgehead atoms. The van der Waals surface area contributed by atoms with Crippen molar-refractivity contribution >= 4 is 11.6 Å². The van der Waals surface area contributed by atoms with E-state index in [1.54, 1.807) is 6.20 Å². The highest BCUT2D eigenvalue weighted by molar-refractivity contribution is 6.30. The van der Waals surface area contributed by atoms with E-state index in [0.29, 0.717) is 5.02 Å². The third-order valence-corrected chi connectivity index (χ3v) is 3.09. The van der Waals surface area contributed by atoms with Crippen LogP contribution >= 0.6 is 11.6 Å². The van der Waals surface area contributed by atoms with Crippen molar-refractivity contribution in [3.05, 3.63) is 29.0 Å². The minimum Gasteiger partial charge on any atom is -0.381 e. The van der Waals surface area contributed by atoms with Gasteiger partial charge in [0.1, 0.15) is 0 Å². The van der Waals surface area contributed by atoms with Crippen molar-refractivity contribution in [2.75, 3.05) is 19.8 Å². The fourth-order valence-electron chi connectivity index (χ4n) is 1.87. The van der Waals surface area contributed by atoms with E-state index in [2.05, 4.69) is 10.3 Å². The second-order valence-corrected chi connectivity index (χ2v) is 4.59. The van der Waals surface area contributed by atoms with Crippen LogP contribution in [0, 0.1) is 5.92 Å². The van der Waals surface area contributed by atoms with Crippen LogP contribution in [0.25, 0.3) is 0 Å². The maximum atomic E-state index is 5.77. The lowest BCUT2D eigenvalue weighted by atomic mass is 10.0. The van der Waals surface area contributed by atoms with E-state index in [1.807, 2.05) is 12.1 Å². The van der Waals surface area contributed by atoms with Gasteiger partial charge in [-0.25, -0.2) is 0 Å². The Labute approximate surface area is 101 Å². The lowest BCUT2D eigenvalue weighted by molar-refractivity contribution is 0.0662. The molecule has 88 valence electrons. The van der Waals surface area contributed by atoms with E-state index in [1.165, 1.54) is 12.8 Å². The van der Waals surface area contributed by atoms with Gasteiger partial charge >= 0.3 is 0 Å². The molecule has 0 saturated carbocycles. The Balaban J connectivity index is 1.69. The van der Waals surface area contributed by atoms with Gasteiger partial charge in [-0.3, -0.25) is 4.98 Å². The molecule has 1 N–H and O–H groups in total. The summed E-state index contributed by atoms with van der Waals surface area (Å²) in [5, 5.41) is 4.12. The van der Waals surface area contributed by atoms with Gasteiger partial charge in [0, 0.05) is 26.0 Å². The summed E-state index contributed by atoms with van der Waals surface area (Å²) in [5.74, 6) is 0.751. The average Bonchev–Trinajstić information content (AvgIpc) is 2.33. The zero-order valence-corrected chi connectivity index (χ0v) is 10.0. The van der Waals surface area contributed by atoms with Gasteiger partial charge in [0.25, 0.3) is 0 Å². The Morgan fingerprint density at radius 1 is 1.38 bits per heavy atom. The van der Waals surface area contributed by atoms with Gasteiger partial charge in [-0.15, -0.1) is 0 Å². The summed E-state index contributed by atoms with van der Waals surface area (Å²) >= 11 is 5.77. The zero-order valence-electron chi connectivity index (χ0n) is 9.29. The summed E-state index contributed by atoms with van der Waals surface area (Å²) < 4.78 is 5.32. The number of ether oxygens (including phenoxy) is 1. The van der Waals surface area contributed by atoms with Crippen LogP contribution in [0.3, 0.4) is 0 Å². The van der Waals surface area contributed by atoms with E-state index in [0.717, 1.165) is 37.9 Å². The van der Waals surface area contributed by atoms with E-state index in [-0.39, 0.29) is 0 Å². The Bertz CT molecular complexity index is 309. The molecule has 3 nitrogen and oxygen atoms in total. The van der Waals surface area contributed by atoms with Gasteiger partial charge in [0.2, 0.25) is 0 Å². The third kappa shape index (κ3) is 3.74. The molecule has 0 amide bonds. The summed E-state index contributed by atoms with van der Waals surface area (Å²) in [4.78, 5) is 4.24. The number of aromatic nitrogens is 1. The predicted molar refractivity (Wildman–Crippen MR) is 64.5 cm³/mol. The molecule has 0 unspecified atom stereocenters. The minimum atomic E-state index is 0.688. The standard InChI is InChI=1S/C12H17ClN2O/c13-11-1-2-12(15-8-11)9-14-7-10-3-5-16-6-4-10/h1-2,8,10,14H,3-7,9H2. The molecule has 16 heavy (non-hydrogen) atoms. The molecule has 1 fully saturated rings. The molecule has 1 aliphatic rings. The topological polar surface area (TPSA) is 34.1 Å². The van der Waals surface area contributed by atoms with Crippen LogP contribution in [0.5, 0.6) is 0 Å². The normalized spacial score (nSPS) is 17.6. The predicted octanol–water partition coefficient (Wildman–Crippen LogP) is 2.25. The van der Waals surface area contributed by atoms with Crippen molar-refractivity contribution in [1.82, 2.24) is 10.3 Å². The monoisotopic (exact) mass is 240 g/mol.